The molecule has 0 aliphatic heterocycles. The van der Waals surface area contributed by atoms with Crippen LogP contribution in [0.3, 0.4) is 0 Å². The summed E-state index contributed by atoms with van der Waals surface area (Å²) in [4.78, 5) is 11.0. The summed E-state index contributed by atoms with van der Waals surface area (Å²) in [6.07, 6.45) is 6.47. The first kappa shape index (κ1) is 12.9. The number of anilines is 1. The van der Waals surface area contributed by atoms with Crippen LogP contribution in [-0.2, 0) is 0 Å². The van der Waals surface area contributed by atoms with E-state index in [2.05, 4.69) is 5.32 Å². The molecule has 0 unspecified atom stereocenters. The highest BCUT2D eigenvalue weighted by molar-refractivity contribution is 5.62. The topological polar surface area (TPSA) is 52.3 Å². The minimum Gasteiger partial charge on any atom is -0.379 e. The fourth-order valence-corrected chi connectivity index (χ4v) is 2.60. The van der Waals surface area contributed by atoms with Gasteiger partial charge in [0, 0.05) is 12.6 Å². The van der Waals surface area contributed by atoms with E-state index in [0.29, 0.717) is 5.92 Å². The van der Waals surface area contributed by atoms with Gasteiger partial charge in [-0.3, -0.25) is 0 Å². The van der Waals surface area contributed by atoms with E-state index in [1.165, 1.54) is 32.1 Å². The fraction of sp³-hybridized carbons (Fsp3) is 0.571. The zero-order valence-electron chi connectivity index (χ0n) is 10.9. The Morgan fingerprint density at radius 2 is 2.06 bits per heavy atom. The molecule has 1 aromatic carbocycles. The monoisotopic (exact) mass is 249 g/mol. The largest absolute Gasteiger partial charge is 0.379 e. The lowest BCUT2D eigenvalue weighted by molar-refractivity contribution is -0.729. The minimum absolute atomic E-state index is 0.0668. The molecule has 2 rings (SSSR count). The highest BCUT2D eigenvalue weighted by Crippen LogP contribution is 2.28. The van der Waals surface area contributed by atoms with Crippen molar-refractivity contribution in [1.29, 1.82) is 0 Å². The Bertz CT molecular complexity index is 426. The second-order valence-electron chi connectivity index (χ2n) is 5.18. The van der Waals surface area contributed by atoms with Crippen molar-refractivity contribution in [2.75, 3.05) is 11.9 Å². The van der Waals surface area contributed by atoms with E-state index in [1.54, 1.807) is 6.07 Å². The lowest BCUT2D eigenvalue weighted by Crippen LogP contribution is -2.17. The number of aryl methyl sites for hydroxylation is 1. The molecule has 98 valence electrons. The van der Waals surface area contributed by atoms with Gasteiger partial charge in [0.2, 0.25) is 0 Å². The van der Waals surface area contributed by atoms with Crippen LogP contribution in [0.25, 0.3) is 0 Å². The SMILES string of the molecule is Cc1ccc([N+](=O)O)c(NCC2CCCCC2)c1. The average Bonchev–Trinajstić information content (AvgIpc) is 2.37. The molecule has 0 saturated heterocycles. The molecule has 2 N–H and O–H groups in total. The maximum absolute atomic E-state index is 11.1. The standard InChI is InChI=1S/C14H21N2O2/c1-11-7-8-14(16(17)18)13(9-11)15-10-12-5-3-2-4-6-12/h7-9,12,15H,2-6,10H2,1H3,(H,17,18)/q+1. The smallest absolute Gasteiger partial charge is 0.339 e. The second-order valence-corrected chi connectivity index (χ2v) is 5.18. The van der Waals surface area contributed by atoms with E-state index in [1.807, 2.05) is 19.1 Å². The van der Waals surface area contributed by atoms with E-state index in [9.17, 15) is 4.91 Å². The third-order valence-electron chi connectivity index (χ3n) is 3.66. The first-order valence-corrected chi connectivity index (χ1v) is 6.67. The number of hydrogen-bond donors (Lipinski definition) is 2. The number of hydrogen-bond acceptors (Lipinski definition) is 2. The predicted octanol–water partition coefficient (Wildman–Crippen LogP) is 3.79. The Kier molecular flexibility index (Phi) is 4.18. The molecule has 0 spiro atoms. The van der Waals surface area contributed by atoms with Crippen LogP contribution in [-0.4, -0.2) is 16.7 Å². The van der Waals surface area contributed by atoms with Crippen molar-refractivity contribution in [3.8, 4) is 0 Å². The van der Waals surface area contributed by atoms with Gasteiger partial charge in [0.1, 0.15) is 5.69 Å². The average molecular weight is 249 g/mol. The van der Waals surface area contributed by atoms with Crippen molar-refractivity contribution in [3.05, 3.63) is 28.7 Å². The van der Waals surface area contributed by atoms with Gasteiger partial charge in [-0.15, -0.1) is 0 Å². The van der Waals surface area contributed by atoms with Gasteiger partial charge in [-0.25, -0.2) is 5.21 Å². The van der Waals surface area contributed by atoms with Crippen molar-refractivity contribution in [3.63, 3.8) is 0 Å². The van der Waals surface area contributed by atoms with Crippen LogP contribution >= 0.6 is 0 Å². The van der Waals surface area contributed by atoms with Gasteiger partial charge in [0.05, 0.1) is 4.91 Å². The minimum atomic E-state index is -0.0668. The first-order valence-electron chi connectivity index (χ1n) is 6.67. The molecule has 1 aromatic rings. The summed E-state index contributed by atoms with van der Waals surface area (Å²) >= 11 is 0. The normalized spacial score (nSPS) is 16.5. The molecule has 1 aliphatic carbocycles. The second kappa shape index (κ2) is 5.85. The van der Waals surface area contributed by atoms with Crippen LogP contribution in [0.2, 0.25) is 0 Å². The van der Waals surface area contributed by atoms with Crippen molar-refractivity contribution in [2.45, 2.75) is 39.0 Å². The summed E-state index contributed by atoms with van der Waals surface area (Å²) in [5, 5.41) is 12.4. The number of benzene rings is 1. The molecule has 0 aromatic heterocycles. The molecule has 4 heteroatoms. The van der Waals surface area contributed by atoms with Crippen molar-refractivity contribution >= 4 is 11.4 Å². The molecule has 1 fully saturated rings. The summed E-state index contributed by atoms with van der Waals surface area (Å²) in [5.74, 6) is 0.686. The lowest BCUT2D eigenvalue weighted by Gasteiger charge is -2.22. The fourth-order valence-electron chi connectivity index (χ4n) is 2.60. The Morgan fingerprint density at radius 1 is 1.33 bits per heavy atom. The molecule has 0 bridgehead atoms. The molecule has 1 aliphatic rings. The third-order valence-corrected chi connectivity index (χ3v) is 3.66. The van der Waals surface area contributed by atoms with Crippen LogP contribution < -0.4 is 5.32 Å². The molecule has 18 heavy (non-hydrogen) atoms. The summed E-state index contributed by atoms with van der Waals surface area (Å²) in [6.45, 7) is 2.85. The lowest BCUT2D eigenvalue weighted by atomic mass is 9.89. The zero-order chi connectivity index (χ0) is 13.0. The van der Waals surface area contributed by atoms with Crippen LogP contribution in [0.15, 0.2) is 18.2 Å². The van der Waals surface area contributed by atoms with Crippen molar-refractivity contribution < 1.29 is 10.1 Å². The van der Waals surface area contributed by atoms with Gasteiger partial charge in [0.15, 0.2) is 0 Å². The van der Waals surface area contributed by atoms with Gasteiger partial charge in [-0.2, -0.15) is 0 Å². The molecule has 1 saturated carbocycles. The predicted molar refractivity (Wildman–Crippen MR) is 71.3 cm³/mol. The van der Waals surface area contributed by atoms with Gasteiger partial charge >= 0.3 is 5.69 Å². The van der Waals surface area contributed by atoms with E-state index in [0.717, 1.165) is 17.8 Å². The molecule has 4 nitrogen and oxygen atoms in total. The van der Waals surface area contributed by atoms with Gasteiger partial charge in [-0.05, 0) is 37.3 Å². The third kappa shape index (κ3) is 3.22. The Morgan fingerprint density at radius 3 is 2.72 bits per heavy atom. The summed E-state index contributed by atoms with van der Waals surface area (Å²) < 4.78 is 0. The molecule has 0 amide bonds. The van der Waals surface area contributed by atoms with Gasteiger partial charge < -0.3 is 5.32 Å². The maximum Gasteiger partial charge on any atom is 0.339 e. The highest BCUT2D eigenvalue weighted by Gasteiger charge is 2.20. The van der Waals surface area contributed by atoms with Crippen LogP contribution in [0.5, 0.6) is 0 Å². The summed E-state index contributed by atoms with van der Waals surface area (Å²) in [6, 6.07) is 5.37. The summed E-state index contributed by atoms with van der Waals surface area (Å²) in [7, 11) is 0. The molecular formula is C14H21N2O2+. The van der Waals surface area contributed by atoms with Crippen LogP contribution in [0.4, 0.5) is 11.4 Å². The van der Waals surface area contributed by atoms with Gasteiger partial charge in [0.25, 0.3) is 4.92 Å². The Balaban J connectivity index is 2.03. The maximum atomic E-state index is 11.1. The Hall–Kier alpha value is -1.58. The summed E-state index contributed by atoms with van der Waals surface area (Å²) in [5.41, 5.74) is 2.08. The quantitative estimate of drug-likeness (QED) is 0.798. The van der Waals surface area contributed by atoms with Crippen molar-refractivity contribution in [2.24, 2.45) is 5.92 Å². The van der Waals surface area contributed by atoms with Crippen LogP contribution in [0.1, 0.15) is 37.7 Å². The molecule has 0 atom stereocenters. The van der Waals surface area contributed by atoms with Crippen molar-refractivity contribution in [1.82, 2.24) is 0 Å². The molecular weight excluding hydrogens is 228 g/mol. The highest BCUT2D eigenvalue weighted by atomic mass is 16.6. The first-order chi connectivity index (χ1) is 8.66. The molecule has 0 radical (unpaired) electrons. The number of nitrogens with one attached hydrogen (secondary N) is 1. The Labute approximate surface area is 108 Å². The van der Waals surface area contributed by atoms with Crippen LogP contribution in [0, 0.1) is 17.7 Å². The van der Waals surface area contributed by atoms with E-state index >= 15 is 0 Å². The van der Waals surface area contributed by atoms with E-state index < -0.39 is 0 Å². The van der Waals surface area contributed by atoms with Gasteiger partial charge in [-0.1, -0.05) is 25.3 Å². The van der Waals surface area contributed by atoms with E-state index in [-0.39, 0.29) is 10.6 Å². The number of rotatable bonds is 4. The van der Waals surface area contributed by atoms with E-state index in [4.69, 9.17) is 5.21 Å². The molecule has 0 heterocycles. The zero-order valence-corrected chi connectivity index (χ0v) is 10.9. The number of nitrogens with zero attached hydrogens (tertiary/aromatic N) is 1.